The number of aromatic nitrogens is 5. The third kappa shape index (κ3) is 6.23. The van der Waals surface area contributed by atoms with Crippen LogP contribution in [0.15, 0.2) is 55.0 Å². The van der Waals surface area contributed by atoms with Crippen LogP contribution in [-0.4, -0.2) is 95.7 Å². The SMILES string of the molecule is COC(=O)N[C@H](C(=O)N1CCC[C@H]1c1ncc(-c2ccc3c(c2)Oc2ccc(-c4cnc([C@@H]5CCCN5C(=O)[C@@H](NC(=O)O)C5CC5)[nH]4)c4ccn-3c24)[nH]1)C1CC1. The molecule has 0 bridgehead atoms. The summed E-state index contributed by atoms with van der Waals surface area (Å²) in [5.74, 6) is 2.69. The number of imidazole rings is 2. The number of nitrogens with one attached hydrogen (secondary N) is 4. The van der Waals surface area contributed by atoms with Gasteiger partial charge >= 0.3 is 12.2 Å². The molecule has 57 heavy (non-hydrogen) atoms. The van der Waals surface area contributed by atoms with E-state index in [0.717, 1.165) is 90.5 Å². The molecule has 5 aliphatic rings. The Bertz CT molecular complexity index is 2430. The number of hydrogen-bond acceptors (Lipinski definition) is 8. The molecule has 3 aromatic heterocycles. The molecular weight excluding hydrogens is 731 g/mol. The van der Waals surface area contributed by atoms with Crippen molar-refractivity contribution in [3.63, 3.8) is 0 Å². The molecule has 16 heteroatoms. The number of ether oxygens (including phenoxy) is 2. The predicted molar refractivity (Wildman–Crippen MR) is 206 cm³/mol. The zero-order chi connectivity index (χ0) is 38.9. The lowest BCUT2D eigenvalue weighted by Crippen LogP contribution is -2.49. The average Bonchev–Trinajstić information content (AvgIpc) is 3.80. The number of carboxylic acid groups (broad SMARTS) is 1. The van der Waals surface area contributed by atoms with Gasteiger partial charge in [-0.1, -0.05) is 6.07 Å². The van der Waals surface area contributed by atoms with Gasteiger partial charge in [0.25, 0.3) is 0 Å². The van der Waals surface area contributed by atoms with Crippen LogP contribution in [0.2, 0.25) is 0 Å². The first-order chi connectivity index (χ1) is 27.7. The van der Waals surface area contributed by atoms with E-state index >= 15 is 0 Å². The fourth-order valence-corrected chi connectivity index (χ4v) is 9.05. The number of hydrogen-bond donors (Lipinski definition) is 5. The quantitative estimate of drug-likeness (QED) is 0.110. The van der Waals surface area contributed by atoms with E-state index < -0.39 is 24.3 Å². The minimum atomic E-state index is -1.18. The molecule has 0 unspecified atom stereocenters. The first-order valence-corrected chi connectivity index (χ1v) is 19.8. The third-order valence-corrected chi connectivity index (χ3v) is 12.2. The first-order valence-electron chi connectivity index (χ1n) is 19.8. The molecule has 2 aromatic carbocycles. The van der Waals surface area contributed by atoms with Gasteiger partial charge in [0.05, 0.1) is 54.2 Å². The number of methoxy groups -OCH3 is 1. The highest BCUT2D eigenvalue weighted by Crippen LogP contribution is 2.46. The number of amides is 4. The molecule has 3 aliphatic heterocycles. The van der Waals surface area contributed by atoms with E-state index in [9.17, 15) is 24.3 Å². The fraction of sp³-hybridized carbons (Fsp3) is 0.415. The summed E-state index contributed by atoms with van der Waals surface area (Å²) in [4.78, 5) is 70.8. The van der Waals surface area contributed by atoms with Crippen LogP contribution in [0, 0.1) is 11.8 Å². The number of H-pyrrole nitrogens is 2. The number of nitrogens with zero attached hydrogens (tertiary/aromatic N) is 5. The summed E-state index contributed by atoms with van der Waals surface area (Å²) in [6.45, 7) is 1.16. The number of likely N-dealkylation sites (tertiary alicyclic amines) is 2. The third-order valence-electron chi connectivity index (χ3n) is 12.2. The maximum atomic E-state index is 13.7. The van der Waals surface area contributed by atoms with Crippen LogP contribution >= 0.6 is 0 Å². The summed E-state index contributed by atoms with van der Waals surface area (Å²) >= 11 is 0. The highest BCUT2D eigenvalue weighted by molar-refractivity contribution is 6.00. The monoisotopic (exact) mass is 773 g/mol. The number of alkyl carbamates (subject to hydrolysis) is 1. The van der Waals surface area contributed by atoms with Gasteiger partial charge in [-0.05, 0) is 93.5 Å². The van der Waals surface area contributed by atoms with Gasteiger partial charge in [-0.15, -0.1) is 0 Å². The Morgan fingerprint density at radius 2 is 1.44 bits per heavy atom. The summed E-state index contributed by atoms with van der Waals surface area (Å²) in [5, 5.41) is 15.6. The van der Waals surface area contributed by atoms with Crippen LogP contribution in [0.4, 0.5) is 9.59 Å². The molecule has 0 radical (unpaired) electrons. The summed E-state index contributed by atoms with van der Waals surface area (Å²) in [6, 6.07) is 10.3. The van der Waals surface area contributed by atoms with Crippen molar-refractivity contribution in [2.24, 2.45) is 11.8 Å². The van der Waals surface area contributed by atoms with Gasteiger partial charge in [-0.2, -0.15) is 0 Å². The van der Waals surface area contributed by atoms with Crippen molar-refractivity contribution < 1.29 is 33.8 Å². The lowest BCUT2D eigenvalue weighted by atomic mass is 10.1. The van der Waals surface area contributed by atoms with E-state index in [4.69, 9.17) is 19.4 Å². The lowest BCUT2D eigenvalue weighted by molar-refractivity contribution is -0.135. The van der Waals surface area contributed by atoms with Crippen molar-refractivity contribution in [3.8, 4) is 39.7 Å². The van der Waals surface area contributed by atoms with Crippen molar-refractivity contribution in [1.29, 1.82) is 0 Å². The fourth-order valence-electron chi connectivity index (χ4n) is 9.05. The highest BCUT2D eigenvalue weighted by Gasteiger charge is 2.44. The highest BCUT2D eigenvalue weighted by atomic mass is 16.5. The molecule has 4 fully saturated rings. The van der Waals surface area contributed by atoms with Crippen molar-refractivity contribution in [1.82, 2.24) is 44.9 Å². The number of rotatable bonds is 10. The van der Waals surface area contributed by atoms with Crippen molar-refractivity contribution in [3.05, 3.63) is 66.6 Å². The lowest BCUT2D eigenvalue weighted by Gasteiger charge is -2.28. The van der Waals surface area contributed by atoms with Crippen LogP contribution in [0.25, 0.3) is 39.1 Å². The van der Waals surface area contributed by atoms with E-state index in [1.54, 1.807) is 17.3 Å². The van der Waals surface area contributed by atoms with Crippen molar-refractivity contribution >= 4 is 34.9 Å². The molecule has 4 amide bonds. The van der Waals surface area contributed by atoms with Crippen molar-refractivity contribution in [2.45, 2.75) is 75.5 Å². The minimum Gasteiger partial charge on any atom is -0.465 e. The average molecular weight is 774 g/mol. The molecule has 5 N–H and O–H groups in total. The molecule has 2 saturated heterocycles. The van der Waals surface area contributed by atoms with Gasteiger partial charge in [-0.25, -0.2) is 19.6 Å². The normalized spacial score (nSPS) is 20.9. The van der Waals surface area contributed by atoms with Gasteiger partial charge in [0, 0.05) is 35.8 Å². The number of carbonyl (C=O) groups is 4. The van der Waals surface area contributed by atoms with Gasteiger partial charge in [0.1, 0.15) is 23.7 Å². The van der Waals surface area contributed by atoms with Gasteiger partial charge < -0.3 is 49.5 Å². The Hall–Kier alpha value is -6.32. The zero-order valence-electron chi connectivity index (χ0n) is 31.4. The number of benzene rings is 2. The molecular formula is C41H43N9O7. The molecule has 4 atom stereocenters. The van der Waals surface area contributed by atoms with Crippen molar-refractivity contribution in [2.75, 3.05) is 20.2 Å². The Balaban J connectivity index is 0.879. The van der Waals surface area contributed by atoms with E-state index in [2.05, 4.69) is 31.2 Å². The second-order valence-corrected chi connectivity index (χ2v) is 15.8. The topological polar surface area (TPSA) is 200 Å². The van der Waals surface area contributed by atoms with E-state index in [1.807, 2.05) is 41.4 Å². The summed E-state index contributed by atoms with van der Waals surface area (Å²) < 4.78 is 13.5. The molecule has 0 spiro atoms. The first kappa shape index (κ1) is 35.1. The summed E-state index contributed by atoms with van der Waals surface area (Å²) in [7, 11) is 1.30. The second kappa shape index (κ2) is 13.7. The van der Waals surface area contributed by atoms with E-state index in [1.165, 1.54) is 7.11 Å². The maximum absolute atomic E-state index is 13.7. The standard InChI is InChI=1S/C41H43N9O7/c1-56-41(55)47-34(22-8-9-22)39(52)50-16-2-4-29(50)36-42-19-26(44-36)23-10-12-28-32(18-23)57-31-13-11-24(25-14-17-48(28)35(25)31)27-20-43-37(45-27)30-5-3-15-49(30)38(51)33(21-6-7-21)46-40(53)54/h10-14,17-22,29-30,33-34,46H,2-9,15-16H2,1H3,(H,42,44)(H,43,45)(H,47,55)(H,53,54)/t29-,30-,33-,34-/m0/s1. The van der Waals surface area contributed by atoms with Crippen LogP contribution in [0.3, 0.4) is 0 Å². The minimum absolute atomic E-state index is 0.0462. The van der Waals surface area contributed by atoms with E-state index in [-0.39, 0.29) is 35.7 Å². The van der Waals surface area contributed by atoms with Crippen LogP contribution < -0.4 is 15.4 Å². The van der Waals surface area contributed by atoms with Crippen LogP contribution in [0.5, 0.6) is 11.5 Å². The number of aromatic amines is 2. The molecule has 10 rings (SSSR count). The summed E-state index contributed by atoms with van der Waals surface area (Å²) in [6.07, 6.45) is 10.5. The number of fused-ring (bicyclic) bond motifs is 2. The molecule has 16 nitrogen and oxygen atoms in total. The Kier molecular flexibility index (Phi) is 8.44. The molecule has 5 aromatic rings. The van der Waals surface area contributed by atoms with Gasteiger partial charge in [0.15, 0.2) is 11.5 Å². The second-order valence-electron chi connectivity index (χ2n) is 15.8. The van der Waals surface area contributed by atoms with Gasteiger partial charge in [-0.3, -0.25) is 9.59 Å². The Labute approximate surface area is 326 Å². The zero-order valence-corrected chi connectivity index (χ0v) is 31.4. The summed E-state index contributed by atoms with van der Waals surface area (Å²) in [5.41, 5.74) is 5.28. The molecule has 294 valence electrons. The van der Waals surface area contributed by atoms with Crippen LogP contribution in [0.1, 0.15) is 75.1 Å². The molecule has 2 aliphatic carbocycles. The van der Waals surface area contributed by atoms with E-state index in [0.29, 0.717) is 36.2 Å². The van der Waals surface area contributed by atoms with Crippen LogP contribution in [-0.2, 0) is 14.3 Å². The molecule has 6 heterocycles. The maximum Gasteiger partial charge on any atom is 0.407 e. The largest absolute Gasteiger partial charge is 0.465 e. The predicted octanol–water partition coefficient (Wildman–Crippen LogP) is 6.02. The Morgan fingerprint density at radius 3 is 2.07 bits per heavy atom. The van der Waals surface area contributed by atoms with Gasteiger partial charge in [0.2, 0.25) is 11.8 Å². The Morgan fingerprint density at radius 1 is 0.807 bits per heavy atom. The smallest absolute Gasteiger partial charge is 0.407 e. The number of carbonyl (C=O) groups excluding carboxylic acids is 3. The molecule has 2 saturated carbocycles.